The molecular formula is C15H15BrN2O3S. The first-order chi connectivity index (χ1) is 10.3. The maximum Gasteiger partial charge on any atom is 0.248 e. The minimum atomic E-state index is -3.62. The summed E-state index contributed by atoms with van der Waals surface area (Å²) >= 11 is 3.34. The number of benzene rings is 2. The number of rotatable bonds is 5. The number of carbonyl (C=O) groups excluding carboxylic acids is 1. The first-order valence-electron chi connectivity index (χ1n) is 6.41. The highest BCUT2D eigenvalue weighted by atomic mass is 79.9. The molecule has 2 aromatic carbocycles. The van der Waals surface area contributed by atoms with Gasteiger partial charge in [-0.2, -0.15) is 4.31 Å². The third kappa shape index (κ3) is 3.73. The van der Waals surface area contributed by atoms with Crippen LogP contribution in [-0.4, -0.2) is 25.7 Å². The van der Waals surface area contributed by atoms with Gasteiger partial charge in [-0.25, -0.2) is 8.42 Å². The Morgan fingerprint density at radius 1 is 1.09 bits per heavy atom. The fourth-order valence-corrected chi connectivity index (χ4v) is 3.33. The van der Waals surface area contributed by atoms with Crippen LogP contribution in [0.4, 0.5) is 0 Å². The molecular weight excluding hydrogens is 368 g/mol. The van der Waals surface area contributed by atoms with Crippen molar-refractivity contribution in [2.24, 2.45) is 5.73 Å². The van der Waals surface area contributed by atoms with E-state index in [0.717, 1.165) is 10.0 Å². The van der Waals surface area contributed by atoms with E-state index in [1.54, 1.807) is 0 Å². The van der Waals surface area contributed by atoms with Gasteiger partial charge in [-0.3, -0.25) is 4.79 Å². The summed E-state index contributed by atoms with van der Waals surface area (Å²) in [5.41, 5.74) is 6.29. The Hall–Kier alpha value is -1.70. The van der Waals surface area contributed by atoms with Gasteiger partial charge in [0.15, 0.2) is 0 Å². The fraction of sp³-hybridized carbons (Fsp3) is 0.133. The lowest BCUT2D eigenvalue weighted by Gasteiger charge is -2.17. The van der Waals surface area contributed by atoms with E-state index in [-0.39, 0.29) is 17.0 Å². The molecule has 0 aliphatic carbocycles. The van der Waals surface area contributed by atoms with Gasteiger partial charge < -0.3 is 5.73 Å². The second-order valence-electron chi connectivity index (χ2n) is 4.78. The number of sulfonamides is 1. The quantitative estimate of drug-likeness (QED) is 0.861. The SMILES string of the molecule is CN(Cc1ccc(Br)cc1)S(=O)(=O)c1ccc(C(N)=O)cc1. The van der Waals surface area contributed by atoms with E-state index in [0.29, 0.717) is 0 Å². The highest BCUT2D eigenvalue weighted by molar-refractivity contribution is 9.10. The molecule has 0 atom stereocenters. The average molecular weight is 383 g/mol. The van der Waals surface area contributed by atoms with Gasteiger partial charge in [0.05, 0.1) is 4.90 Å². The van der Waals surface area contributed by atoms with Gasteiger partial charge in [0.1, 0.15) is 0 Å². The van der Waals surface area contributed by atoms with Crippen molar-refractivity contribution in [2.75, 3.05) is 7.05 Å². The number of hydrogen-bond donors (Lipinski definition) is 1. The molecule has 0 spiro atoms. The molecule has 2 rings (SSSR count). The number of nitrogens with zero attached hydrogens (tertiary/aromatic N) is 1. The zero-order valence-electron chi connectivity index (χ0n) is 11.9. The van der Waals surface area contributed by atoms with Crippen molar-refractivity contribution in [3.63, 3.8) is 0 Å². The van der Waals surface area contributed by atoms with Gasteiger partial charge in [0, 0.05) is 23.6 Å². The van der Waals surface area contributed by atoms with Crippen molar-refractivity contribution in [3.05, 3.63) is 64.1 Å². The number of hydrogen-bond acceptors (Lipinski definition) is 3. The number of halogens is 1. The summed E-state index contributed by atoms with van der Waals surface area (Å²) < 4.78 is 27.2. The van der Waals surface area contributed by atoms with Gasteiger partial charge in [-0.15, -0.1) is 0 Å². The summed E-state index contributed by atoms with van der Waals surface area (Å²) in [6.07, 6.45) is 0. The number of nitrogens with two attached hydrogens (primary N) is 1. The van der Waals surface area contributed by atoms with Crippen molar-refractivity contribution in [2.45, 2.75) is 11.4 Å². The Morgan fingerprint density at radius 3 is 2.14 bits per heavy atom. The Labute approximate surface area is 137 Å². The lowest BCUT2D eigenvalue weighted by Crippen LogP contribution is -2.26. The van der Waals surface area contributed by atoms with Crippen LogP contribution in [0.15, 0.2) is 57.9 Å². The molecule has 0 saturated carbocycles. The Kier molecular flexibility index (Phi) is 5.00. The van der Waals surface area contributed by atoms with Crippen LogP contribution < -0.4 is 5.73 Å². The molecule has 7 heteroatoms. The van der Waals surface area contributed by atoms with E-state index in [2.05, 4.69) is 15.9 Å². The minimum absolute atomic E-state index is 0.122. The van der Waals surface area contributed by atoms with E-state index < -0.39 is 15.9 Å². The molecule has 0 radical (unpaired) electrons. The lowest BCUT2D eigenvalue weighted by molar-refractivity contribution is 0.1000. The van der Waals surface area contributed by atoms with Gasteiger partial charge >= 0.3 is 0 Å². The lowest BCUT2D eigenvalue weighted by atomic mass is 10.2. The zero-order chi connectivity index (χ0) is 16.3. The molecule has 0 aromatic heterocycles. The predicted molar refractivity (Wildman–Crippen MR) is 87.8 cm³/mol. The van der Waals surface area contributed by atoms with E-state index in [1.165, 1.54) is 35.6 Å². The summed E-state index contributed by atoms with van der Waals surface area (Å²) in [5, 5.41) is 0. The minimum Gasteiger partial charge on any atom is -0.366 e. The maximum atomic E-state index is 12.5. The summed E-state index contributed by atoms with van der Waals surface area (Å²) in [7, 11) is -2.11. The number of primary amides is 1. The van der Waals surface area contributed by atoms with Crippen molar-refractivity contribution >= 4 is 31.9 Å². The van der Waals surface area contributed by atoms with Crippen LogP contribution >= 0.6 is 15.9 Å². The molecule has 22 heavy (non-hydrogen) atoms. The molecule has 0 bridgehead atoms. The summed E-state index contributed by atoms with van der Waals surface area (Å²) in [5.74, 6) is -0.591. The molecule has 0 heterocycles. The monoisotopic (exact) mass is 382 g/mol. The van der Waals surface area contributed by atoms with Crippen LogP contribution in [0.25, 0.3) is 0 Å². The molecule has 2 aromatic rings. The van der Waals surface area contributed by atoms with Crippen molar-refractivity contribution in [3.8, 4) is 0 Å². The molecule has 0 aliphatic rings. The molecule has 116 valence electrons. The number of amides is 1. The topological polar surface area (TPSA) is 80.5 Å². The van der Waals surface area contributed by atoms with Crippen LogP contribution in [0.2, 0.25) is 0 Å². The Bertz CT molecular complexity index is 771. The van der Waals surface area contributed by atoms with Crippen molar-refractivity contribution < 1.29 is 13.2 Å². The van der Waals surface area contributed by atoms with E-state index in [4.69, 9.17) is 5.73 Å². The third-order valence-electron chi connectivity index (χ3n) is 3.17. The van der Waals surface area contributed by atoms with Gasteiger partial charge in [0.25, 0.3) is 0 Å². The van der Waals surface area contributed by atoms with Crippen LogP contribution in [0.3, 0.4) is 0 Å². The molecule has 2 N–H and O–H groups in total. The summed E-state index contributed by atoms with van der Waals surface area (Å²) in [6, 6.07) is 13.0. The first-order valence-corrected chi connectivity index (χ1v) is 8.64. The van der Waals surface area contributed by atoms with Crippen LogP contribution in [0.5, 0.6) is 0 Å². The van der Waals surface area contributed by atoms with Gasteiger partial charge in [0.2, 0.25) is 15.9 Å². The van der Waals surface area contributed by atoms with Crippen LogP contribution in [0.1, 0.15) is 15.9 Å². The number of carbonyl (C=O) groups is 1. The van der Waals surface area contributed by atoms with Crippen LogP contribution in [0, 0.1) is 0 Å². The van der Waals surface area contributed by atoms with Gasteiger partial charge in [-0.05, 0) is 42.0 Å². The summed E-state index contributed by atoms with van der Waals surface area (Å²) in [6.45, 7) is 0.257. The molecule has 0 fully saturated rings. The second-order valence-corrected chi connectivity index (χ2v) is 7.74. The molecule has 1 amide bonds. The van der Waals surface area contributed by atoms with Gasteiger partial charge in [-0.1, -0.05) is 28.1 Å². The van der Waals surface area contributed by atoms with Crippen LogP contribution in [-0.2, 0) is 16.6 Å². The van der Waals surface area contributed by atoms with Crippen molar-refractivity contribution in [1.29, 1.82) is 0 Å². The smallest absolute Gasteiger partial charge is 0.248 e. The highest BCUT2D eigenvalue weighted by Gasteiger charge is 2.21. The molecule has 0 aliphatic heterocycles. The largest absolute Gasteiger partial charge is 0.366 e. The standard InChI is InChI=1S/C15H15BrN2O3S/c1-18(10-11-2-6-13(16)7-3-11)22(20,21)14-8-4-12(5-9-14)15(17)19/h2-9H,10H2,1H3,(H2,17,19). The fourth-order valence-electron chi connectivity index (χ4n) is 1.90. The maximum absolute atomic E-state index is 12.5. The normalized spacial score (nSPS) is 11.6. The molecule has 0 unspecified atom stereocenters. The Balaban J connectivity index is 2.21. The summed E-state index contributed by atoms with van der Waals surface area (Å²) in [4.78, 5) is 11.1. The second kappa shape index (κ2) is 6.60. The first kappa shape index (κ1) is 16.7. The highest BCUT2D eigenvalue weighted by Crippen LogP contribution is 2.18. The Morgan fingerprint density at radius 2 is 1.64 bits per heavy atom. The van der Waals surface area contributed by atoms with Crippen molar-refractivity contribution in [1.82, 2.24) is 4.31 Å². The average Bonchev–Trinajstić information content (AvgIpc) is 2.49. The van der Waals surface area contributed by atoms with E-state index >= 15 is 0 Å². The van der Waals surface area contributed by atoms with E-state index in [1.807, 2.05) is 24.3 Å². The predicted octanol–water partition coefficient (Wildman–Crippen LogP) is 2.37. The third-order valence-corrected chi connectivity index (χ3v) is 5.51. The molecule has 5 nitrogen and oxygen atoms in total. The van der Waals surface area contributed by atoms with E-state index in [9.17, 15) is 13.2 Å². The molecule has 0 saturated heterocycles. The zero-order valence-corrected chi connectivity index (χ0v) is 14.3.